The molecule has 2 aromatic rings. The van der Waals surface area contributed by atoms with Gasteiger partial charge < -0.3 is 4.74 Å². The van der Waals surface area contributed by atoms with Crippen LogP contribution in [0.1, 0.15) is 18.9 Å². The second-order valence-corrected chi connectivity index (χ2v) is 4.01. The highest BCUT2D eigenvalue weighted by Crippen LogP contribution is 2.13. The molecular weight excluding hydrogens is 238 g/mol. The van der Waals surface area contributed by atoms with Crippen molar-refractivity contribution in [2.75, 3.05) is 0 Å². The van der Waals surface area contributed by atoms with Crippen LogP contribution in [0.2, 0.25) is 0 Å². The van der Waals surface area contributed by atoms with Crippen molar-refractivity contribution >= 4 is 0 Å². The summed E-state index contributed by atoms with van der Waals surface area (Å²) in [6.07, 6.45) is 4.33. The van der Waals surface area contributed by atoms with E-state index in [1.807, 2.05) is 0 Å². The maximum Gasteiger partial charge on any atom is 0.157 e. The SMILES string of the molecule is CCCn1cc(OCc2cc(F)cc(F)c2)cn1. The van der Waals surface area contributed by atoms with Gasteiger partial charge in [-0.2, -0.15) is 5.10 Å². The van der Waals surface area contributed by atoms with E-state index in [4.69, 9.17) is 4.74 Å². The van der Waals surface area contributed by atoms with Gasteiger partial charge in [0.2, 0.25) is 0 Å². The Morgan fingerprint density at radius 1 is 1.22 bits per heavy atom. The number of ether oxygens (including phenoxy) is 1. The predicted octanol–water partition coefficient (Wildman–Crippen LogP) is 3.15. The Morgan fingerprint density at radius 2 is 1.94 bits per heavy atom. The first kappa shape index (κ1) is 12.5. The molecule has 0 saturated heterocycles. The van der Waals surface area contributed by atoms with Crippen LogP contribution in [0.5, 0.6) is 5.75 Å². The van der Waals surface area contributed by atoms with Crippen molar-refractivity contribution in [3.63, 3.8) is 0 Å². The molecule has 5 heteroatoms. The zero-order valence-corrected chi connectivity index (χ0v) is 10.1. The molecule has 0 bridgehead atoms. The second-order valence-electron chi connectivity index (χ2n) is 4.01. The van der Waals surface area contributed by atoms with Gasteiger partial charge in [0, 0.05) is 12.6 Å². The molecule has 2 rings (SSSR count). The monoisotopic (exact) mass is 252 g/mol. The molecule has 0 aliphatic rings. The lowest BCUT2D eigenvalue weighted by atomic mass is 10.2. The number of hydrogen-bond acceptors (Lipinski definition) is 2. The van der Waals surface area contributed by atoms with Crippen LogP contribution in [0.25, 0.3) is 0 Å². The summed E-state index contributed by atoms with van der Waals surface area (Å²) < 4.78 is 33.1. The van der Waals surface area contributed by atoms with Crippen molar-refractivity contribution in [3.8, 4) is 5.75 Å². The molecule has 0 saturated carbocycles. The van der Waals surface area contributed by atoms with Crippen LogP contribution < -0.4 is 4.74 Å². The molecule has 0 aliphatic heterocycles. The van der Waals surface area contributed by atoms with Crippen LogP contribution in [0, 0.1) is 11.6 Å². The Balaban J connectivity index is 1.97. The maximum absolute atomic E-state index is 12.9. The van der Waals surface area contributed by atoms with E-state index in [0.29, 0.717) is 11.3 Å². The third kappa shape index (κ3) is 3.29. The third-order valence-corrected chi connectivity index (χ3v) is 2.39. The molecule has 0 atom stereocenters. The van der Waals surface area contributed by atoms with Crippen molar-refractivity contribution in [2.45, 2.75) is 26.5 Å². The van der Waals surface area contributed by atoms with Crippen molar-refractivity contribution in [2.24, 2.45) is 0 Å². The highest BCUT2D eigenvalue weighted by atomic mass is 19.1. The molecule has 0 aliphatic carbocycles. The van der Waals surface area contributed by atoms with Gasteiger partial charge in [-0.05, 0) is 24.1 Å². The van der Waals surface area contributed by atoms with E-state index in [2.05, 4.69) is 12.0 Å². The van der Waals surface area contributed by atoms with E-state index < -0.39 is 11.6 Å². The normalized spacial score (nSPS) is 10.6. The Bertz CT molecular complexity index is 505. The van der Waals surface area contributed by atoms with Gasteiger partial charge in [-0.25, -0.2) is 8.78 Å². The summed E-state index contributed by atoms with van der Waals surface area (Å²) in [6.45, 7) is 2.99. The highest BCUT2D eigenvalue weighted by molar-refractivity contribution is 5.19. The van der Waals surface area contributed by atoms with E-state index in [0.717, 1.165) is 19.0 Å². The van der Waals surface area contributed by atoms with Gasteiger partial charge in [0.15, 0.2) is 5.75 Å². The molecule has 0 N–H and O–H groups in total. The average molecular weight is 252 g/mol. The van der Waals surface area contributed by atoms with Gasteiger partial charge in [0.05, 0.1) is 12.4 Å². The summed E-state index contributed by atoms with van der Waals surface area (Å²) in [7, 11) is 0. The maximum atomic E-state index is 12.9. The molecule has 0 amide bonds. The molecule has 0 fully saturated rings. The summed E-state index contributed by atoms with van der Waals surface area (Å²) in [5, 5.41) is 4.10. The number of nitrogens with zero attached hydrogens (tertiary/aromatic N) is 2. The molecule has 0 radical (unpaired) electrons. The fourth-order valence-corrected chi connectivity index (χ4v) is 1.63. The second kappa shape index (κ2) is 5.62. The van der Waals surface area contributed by atoms with Crippen LogP contribution in [0.3, 0.4) is 0 Å². The minimum atomic E-state index is -0.602. The van der Waals surface area contributed by atoms with Crippen LogP contribution in [-0.2, 0) is 13.2 Å². The number of benzene rings is 1. The van der Waals surface area contributed by atoms with Crippen molar-refractivity contribution in [3.05, 3.63) is 47.8 Å². The van der Waals surface area contributed by atoms with Crippen molar-refractivity contribution in [1.82, 2.24) is 9.78 Å². The molecule has 1 heterocycles. The van der Waals surface area contributed by atoms with Gasteiger partial charge in [0.1, 0.15) is 18.2 Å². The van der Waals surface area contributed by atoms with Gasteiger partial charge in [-0.15, -0.1) is 0 Å². The third-order valence-electron chi connectivity index (χ3n) is 2.39. The standard InChI is InChI=1S/C13H14F2N2O/c1-2-3-17-8-13(7-16-17)18-9-10-4-11(14)6-12(15)5-10/h4-8H,2-3,9H2,1H3. The molecule has 1 aromatic heterocycles. The highest BCUT2D eigenvalue weighted by Gasteiger charge is 2.03. The summed E-state index contributed by atoms with van der Waals surface area (Å²) in [5.41, 5.74) is 0.454. The topological polar surface area (TPSA) is 27.1 Å². The quantitative estimate of drug-likeness (QED) is 0.817. The van der Waals surface area contributed by atoms with E-state index >= 15 is 0 Å². The molecule has 0 spiro atoms. The molecular formula is C13H14F2N2O. The molecule has 1 aromatic carbocycles. The summed E-state index contributed by atoms with van der Waals surface area (Å²) in [4.78, 5) is 0. The number of aryl methyl sites for hydroxylation is 1. The summed E-state index contributed by atoms with van der Waals surface area (Å²) in [5.74, 6) is -0.612. The van der Waals surface area contributed by atoms with Crippen LogP contribution in [0.4, 0.5) is 8.78 Å². The van der Waals surface area contributed by atoms with Crippen LogP contribution in [0.15, 0.2) is 30.6 Å². The van der Waals surface area contributed by atoms with Crippen LogP contribution in [-0.4, -0.2) is 9.78 Å². The van der Waals surface area contributed by atoms with Crippen molar-refractivity contribution in [1.29, 1.82) is 0 Å². The largest absolute Gasteiger partial charge is 0.486 e. The van der Waals surface area contributed by atoms with E-state index in [9.17, 15) is 8.78 Å². The van der Waals surface area contributed by atoms with E-state index in [1.165, 1.54) is 12.1 Å². The first-order chi connectivity index (χ1) is 8.67. The Labute approximate surface area is 104 Å². The van der Waals surface area contributed by atoms with E-state index in [1.54, 1.807) is 17.1 Å². The zero-order valence-electron chi connectivity index (χ0n) is 10.1. The summed E-state index contributed by atoms with van der Waals surface area (Å²) >= 11 is 0. The van der Waals surface area contributed by atoms with Crippen LogP contribution >= 0.6 is 0 Å². The first-order valence-corrected chi connectivity index (χ1v) is 5.77. The van der Waals surface area contributed by atoms with E-state index in [-0.39, 0.29) is 6.61 Å². The van der Waals surface area contributed by atoms with Gasteiger partial charge in [-0.3, -0.25) is 4.68 Å². The molecule has 3 nitrogen and oxygen atoms in total. The lowest BCUT2D eigenvalue weighted by molar-refractivity contribution is 0.304. The smallest absolute Gasteiger partial charge is 0.157 e. The lowest BCUT2D eigenvalue weighted by Crippen LogP contribution is -1.97. The van der Waals surface area contributed by atoms with Crippen molar-refractivity contribution < 1.29 is 13.5 Å². The number of rotatable bonds is 5. The minimum absolute atomic E-state index is 0.118. The number of aromatic nitrogens is 2. The molecule has 96 valence electrons. The number of halogens is 2. The Hall–Kier alpha value is -1.91. The molecule has 0 unspecified atom stereocenters. The first-order valence-electron chi connectivity index (χ1n) is 5.77. The van der Waals surface area contributed by atoms with Gasteiger partial charge in [-0.1, -0.05) is 6.92 Å². The zero-order chi connectivity index (χ0) is 13.0. The summed E-state index contributed by atoms with van der Waals surface area (Å²) in [6, 6.07) is 3.34. The number of hydrogen-bond donors (Lipinski definition) is 0. The Kier molecular flexibility index (Phi) is 3.92. The van der Waals surface area contributed by atoms with Gasteiger partial charge in [0.25, 0.3) is 0 Å². The fraction of sp³-hybridized carbons (Fsp3) is 0.308. The molecule has 18 heavy (non-hydrogen) atoms. The Morgan fingerprint density at radius 3 is 2.61 bits per heavy atom. The van der Waals surface area contributed by atoms with Gasteiger partial charge >= 0.3 is 0 Å². The minimum Gasteiger partial charge on any atom is -0.486 e. The fourth-order valence-electron chi connectivity index (χ4n) is 1.63. The lowest BCUT2D eigenvalue weighted by Gasteiger charge is -2.04. The average Bonchev–Trinajstić information content (AvgIpc) is 2.74. The predicted molar refractivity (Wildman–Crippen MR) is 63.2 cm³/mol.